The van der Waals surface area contributed by atoms with Crippen LogP contribution in [0.4, 0.5) is 0 Å². The summed E-state index contributed by atoms with van der Waals surface area (Å²) in [6.07, 6.45) is 8.84. The third kappa shape index (κ3) is 4.11. The minimum Gasteiger partial charge on any atom is -0.494 e. The predicted octanol–water partition coefficient (Wildman–Crippen LogP) is 6.70. The van der Waals surface area contributed by atoms with Crippen molar-refractivity contribution in [3.8, 4) is 5.88 Å². The maximum Gasteiger partial charge on any atom is 0.199 e. The normalized spacial score (nSPS) is 32.8. The summed E-state index contributed by atoms with van der Waals surface area (Å²) in [4.78, 5) is 17.0. The highest BCUT2D eigenvalue weighted by Crippen LogP contribution is 2.56. The summed E-state index contributed by atoms with van der Waals surface area (Å²) < 4.78 is 0. The molecule has 1 fully saturated rings. The maximum absolute atomic E-state index is 13.9. The second-order valence-corrected chi connectivity index (χ2v) is 10.4. The van der Waals surface area contributed by atoms with Crippen LogP contribution in [0.15, 0.2) is 29.4 Å². The van der Waals surface area contributed by atoms with Crippen molar-refractivity contribution in [1.29, 1.82) is 0 Å². The van der Waals surface area contributed by atoms with E-state index in [-0.39, 0.29) is 28.9 Å². The van der Waals surface area contributed by atoms with Crippen LogP contribution in [0.5, 0.6) is 5.88 Å². The number of Topliss-reactive ketones (excluding diaryl/α,β-unsaturated/α-hetero) is 1. The lowest BCUT2D eigenvalue weighted by Gasteiger charge is -2.51. The Labute approximate surface area is 176 Å². The summed E-state index contributed by atoms with van der Waals surface area (Å²) in [7, 11) is 0. The molecule has 2 aliphatic carbocycles. The smallest absolute Gasteiger partial charge is 0.199 e. The fraction of sp³-hybridized carbons (Fsp3) is 0.654. The van der Waals surface area contributed by atoms with Crippen LogP contribution < -0.4 is 0 Å². The summed E-state index contributed by atoms with van der Waals surface area (Å²) >= 11 is 0. The average Bonchev–Trinajstić information content (AvgIpc) is 2.97. The van der Waals surface area contributed by atoms with Crippen LogP contribution in [-0.2, 0) is 6.42 Å². The molecule has 5 atom stereocenters. The minimum absolute atomic E-state index is 0.0422. The number of nitrogens with one attached hydrogen (secondary N) is 1. The SMILES string of the molecule is C/C=C(\C)[C@@H]1C(C)=C[C@]2(C)C[C@H](C)CC[C@H]2[C@@H]1C(=O)c1cc(CC(C)C)[nH]c1O. The largest absolute Gasteiger partial charge is 0.494 e. The van der Waals surface area contributed by atoms with E-state index in [0.717, 1.165) is 25.0 Å². The highest BCUT2D eigenvalue weighted by atomic mass is 16.3. The molecule has 0 radical (unpaired) electrons. The van der Waals surface area contributed by atoms with Gasteiger partial charge in [-0.25, -0.2) is 0 Å². The monoisotopic (exact) mass is 397 g/mol. The summed E-state index contributed by atoms with van der Waals surface area (Å²) in [6, 6.07) is 1.90. The lowest BCUT2D eigenvalue weighted by molar-refractivity contribution is 0.0408. The van der Waals surface area contributed by atoms with Crippen LogP contribution in [0.2, 0.25) is 0 Å². The van der Waals surface area contributed by atoms with Crippen molar-refractivity contribution in [1.82, 2.24) is 4.98 Å². The van der Waals surface area contributed by atoms with Crippen LogP contribution in [0.25, 0.3) is 0 Å². The molecule has 0 aromatic carbocycles. The lowest BCUT2D eigenvalue weighted by atomic mass is 9.52. The fourth-order valence-electron chi connectivity index (χ4n) is 6.25. The van der Waals surface area contributed by atoms with E-state index < -0.39 is 0 Å². The Morgan fingerprint density at radius 2 is 2.07 bits per heavy atom. The Morgan fingerprint density at radius 3 is 2.69 bits per heavy atom. The number of allylic oxidation sites excluding steroid dienone is 4. The first-order valence-electron chi connectivity index (χ1n) is 11.3. The third-order valence-electron chi connectivity index (χ3n) is 7.44. The molecule has 3 heteroatoms. The molecule has 1 aromatic heterocycles. The first kappa shape index (κ1) is 21.9. The molecule has 29 heavy (non-hydrogen) atoms. The molecule has 0 unspecified atom stereocenters. The molecule has 0 amide bonds. The number of fused-ring (bicyclic) bond motifs is 1. The summed E-state index contributed by atoms with van der Waals surface area (Å²) in [6.45, 7) is 15.4. The van der Waals surface area contributed by atoms with E-state index in [1.807, 2.05) is 6.07 Å². The van der Waals surface area contributed by atoms with E-state index in [0.29, 0.717) is 23.3 Å². The van der Waals surface area contributed by atoms with E-state index in [1.165, 1.54) is 17.6 Å². The van der Waals surface area contributed by atoms with Gasteiger partial charge < -0.3 is 10.1 Å². The van der Waals surface area contributed by atoms with Crippen molar-refractivity contribution in [3.05, 3.63) is 40.6 Å². The van der Waals surface area contributed by atoms with E-state index in [4.69, 9.17) is 0 Å². The Balaban J connectivity index is 2.07. The van der Waals surface area contributed by atoms with Crippen LogP contribution >= 0.6 is 0 Å². The molecule has 0 aliphatic heterocycles. The van der Waals surface area contributed by atoms with Crippen LogP contribution in [0.3, 0.4) is 0 Å². The minimum atomic E-state index is -0.109. The second kappa shape index (κ2) is 8.16. The number of hydrogen-bond donors (Lipinski definition) is 2. The quantitative estimate of drug-likeness (QED) is 0.429. The van der Waals surface area contributed by atoms with Crippen molar-refractivity contribution < 1.29 is 9.90 Å². The highest BCUT2D eigenvalue weighted by molar-refractivity contribution is 6.01. The van der Waals surface area contributed by atoms with Gasteiger partial charge in [0.05, 0.1) is 5.56 Å². The highest BCUT2D eigenvalue weighted by Gasteiger charge is 2.51. The maximum atomic E-state index is 13.9. The number of hydrogen-bond acceptors (Lipinski definition) is 2. The molecular formula is C26H39NO2. The Kier molecular flexibility index (Phi) is 6.17. The van der Waals surface area contributed by atoms with E-state index in [1.54, 1.807) is 0 Å². The van der Waals surface area contributed by atoms with Crippen LogP contribution in [0.1, 0.15) is 83.8 Å². The van der Waals surface area contributed by atoms with Crippen molar-refractivity contribution in [2.24, 2.45) is 35.0 Å². The third-order valence-corrected chi connectivity index (χ3v) is 7.44. The van der Waals surface area contributed by atoms with Gasteiger partial charge >= 0.3 is 0 Å². The summed E-state index contributed by atoms with van der Waals surface area (Å²) in [5.41, 5.74) is 4.05. The summed E-state index contributed by atoms with van der Waals surface area (Å²) in [5.74, 6) is 1.64. The van der Waals surface area contributed by atoms with Gasteiger partial charge in [0, 0.05) is 17.5 Å². The number of carbonyl (C=O) groups is 1. The molecule has 1 heterocycles. The molecule has 0 saturated heterocycles. The van der Waals surface area contributed by atoms with Crippen molar-refractivity contribution in [2.75, 3.05) is 0 Å². The Bertz CT molecular complexity index is 828. The van der Waals surface area contributed by atoms with Gasteiger partial charge in [-0.2, -0.15) is 0 Å². The molecule has 1 saturated carbocycles. The van der Waals surface area contributed by atoms with E-state index in [2.05, 4.69) is 65.6 Å². The number of aromatic nitrogens is 1. The Morgan fingerprint density at radius 1 is 1.38 bits per heavy atom. The van der Waals surface area contributed by atoms with Gasteiger partial charge in [-0.15, -0.1) is 0 Å². The van der Waals surface area contributed by atoms with Gasteiger partial charge in [0.2, 0.25) is 0 Å². The number of ketones is 1. The first-order valence-corrected chi connectivity index (χ1v) is 11.3. The van der Waals surface area contributed by atoms with E-state index in [9.17, 15) is 9.90 Å². The topological polar surface area (TPSA) is 53.1 Å². The zero-order valence-corrected chi connectivity index (χ0v) is 19.3. The van der Waals surface area contributed by atoms with Crippen LogP contribution in [-0.4, -0.2) is 15.9 Å². The number of rotatable bonds is 5. The van der Waals surface area contributed by atoms with Crippen molar-refractivity contribution in [3.63, 3.8) is 0 Å². The summed E-state index contributed by atoms with van der Waals surface area (Å²) in [5, 5.41) is 10.6. The molecule has 3 rings (SSSR count). The molecule has 160 valence electrons. The Hall–Kier alpha value is -1.77. The molecule has 0 bridgehead atoms. The van der Waals surface area contributed by atoms with Crippen molar-refractivity contribution >= 4 is 5.78 Å². The van der Waals surface area contributed by atoms with Gasteiger partial charge in [-0.05, 0) is 69.3 Å². The molecular weight excluding hydrogens is 358 g/mol. The number of H-pyrrole nitrogens is 1. The number of aromatic amines is 1. The fourth-order valence-corrected chi connectivity index (χ4v) is 6.25. The van der Waals surface area contributed by atoms with Gasteiger partial charge in [0.25, 0.3) is 0 Å². The zero-order valence-electron chi connectivity index (χ0n) is 19.3. The van der Waals surface area contributed by atoms with Gasteiger partial charge in [-0.3, -0.25) is 4.79 Å². The first-order chi connectivity index (χ1) is 13.6. The van der Waals surface area contributed by atoms with Crippen LogP contribution in [0, 0.1) is 35.0 Å². The molecule has 2 N–H and O–H groups in total. The molecule has 2 aliphatic rings. The average molecular weight is 398 g/mol. The zero-order chi connectivity index (χ0) is 21.5. The standard InChI is InChI=1S/C26H39NO2/c1-8-17(5)22-18(6)14-26(7)13-16(4)9-10-21(26)23(22)24(28)20-12-19(11-15(2)3)27-25(20)29/h8,12,14-16,21-23,27,29H,9-11,13H2,1-7H3/b17-8+/t16-,21+,22-,23+,26+/m1/s1. The number of carbonyl (C=O) groups excluding carboxylic acids is 1. The van der Waals surface area contributed by atoms with Gasteiger partial charge in [0.1, 0.15) is 0 Å². The van der Waals surface area contributed by atoms with Gasteiger partial charge in [-0.1, -0.05) is 57.4 Å². The number of aromatic hydroxyl groups is 1. The van der Waals surface area contributed by atoms with Crippen molar-refractivity contribution in [2.45, 2.75) is 74.1 Å². The predicted molar refractivity (Wildman–Crippen MR) is 120 cm³/mol. The molecule has 1 aromatic rings. The van der Waals surface area contributed by atoms with E-state index >= 15 is 0 Å². The van der Waals surface area contributed by atoms with Gasteiger partial charge in [0.15, 0.2) is 11.7 Å². The second-order valence-electron chi connectivity index (χ2n) is 10.4. The lowest BCUT2D eigenvalue weighted by Crippen LogP contribution is -2.47. The molecule has 0 spiro atoms. The molecule has 3 nitrogen and oxygen atoms in total.